The molecule has 0 saturated carbocycles. The average molecular weight is 365 g/mol. The van der Waals surface area contributed by atoms with E-state index >= 15 is 0 Å². The van der Waals surface area contributed by atoms with Crippen molar-refractivity contribution in [1.82, 2.24) is 5.32 Å². The number of methoxy groups -OCH3 is 1. The van der Waals surface area contributed by atoms with Crippen LogP contribution in [0.15, 0.2) is 22.7 Å². The first-order valence-corrected chi connectivity index (χ1v) is 7.49. The summed E-state index contributed by atoms with van der Waals surface area (Å²) in [5.74, 6) is -0.361. The van der Waals surface area contributed by atoms with E-state index in [9.17, 15) is 4.79 Å². The van der Waals surface area contributed by atoms with E-state index in [2.05, 4.69) is 21.2 Å². The predicted molar refractivity (Wildman–Crippen MR) is 83.0 cm³/mol. The van der Waals surface area contributed by atoms with Crippen LogP contribution in [0, 0.1) is 0 Å². The van der Waals surface area contributed by atoms with Gasteiger partial charge < -0.3 is 9.47 Å². The standard InChI is InChI=1S/C14H19BrClNO3/c1-4-20-13(18)14(2,17-7-8-19-3)11-6-5-10(15)9-12(11)16/h5-6,9,17H,4,7-8H2,1-3H3. The Morgan fingerprint density at radius 1 is 1.50 bits per heavy atom. The van der Waals surface area contributed by atoms with Gasteiger partial charge in [-0.05, 0) is 26.0 Å². The van der Waals surface area contributed by atoms with Crippen molar-refractivity contribution in [2.45, 2.75) is 19.4 Å². The first kappa shape index (κ1) is 17.4. The molecular formula is C14H19BrClNO3. The highest BCUT2D eigenvalue weighted by Crippen LogP contribution is 2.31. The normalized spacial score (nSPS) is 13.8. The van der Waals surface area contributed by atoms with Crippen molar-refractivity contribution in [2.24, 2.45) is 0 Å². The molecule has 0 heterocycles. The highest BCUT2D eigenvalue weighted by molar-refractivity contribution is 9.10. The average Bonchev–Trinajstić information content (AvgIpc) is 2.39. The van der Waals surface area contributed by atoms with Gasteiger partial charge in [-0.3, -0.25) is 5.32 Å². The Balaban J connectivity index is 3.11. The molecule has 1 atom stereocenters. The number of halogens is 2. The van der Waals surface area contributed by atoms with Crippen molar-refractivity contribution in [1.29, 1.82) is 0 Å². The van der Waals surface area contributed by atoms with Gasteiger partial charge >= 0.3 is 5.97 Å². The topological polar surface area (TPSA) is 47.6 Å². The Morgan fingerprint density at radius 2 is 2.20 bits per heavy atom. The van der Waals surface area contributed by atoms with Gasteiger partial charge in [-0.25, -0.2) is 4.79 Å². The summed E-state index contributed by atoms with van der Waals surface area (Å²) >= 11 is 9.62. The summed E-state index contributed by atoms with van der Waals surface area (Å²) in [5.41, 5.74) is -0.330. The minimum absolute atomic E-state index is 0.314. The van der Waals surface area contributed by atoms with E-state index in [1.54, 1.807) is 27.0 Å². The minimum Gasteiger partial charge on any atom is -0.464 e. The Morgan fingerprint density at radius 3 is 2.75 bits per heavy atom. The second-order valence-electron chi connectivity index (χ2n) is 4.39. The van der Waals surface area contributed by atoms with Crippen LogP contribution in [0.4, 0.5) is 0 Å². The summed E-state index contributed by atoms with van der Waals surface area (Å²) < 4.78 is 11.0. The molecule has 0 aromatic heterocycles. The Kier molecular flexibility index (Phi) is 6.95. The van der Waals surface area contributed by atoms with Gasteiger partial charge in [0.1, 0.15) is 5.54 Å². The van der Waals surface area contributed by atoms with Crippen LogP contribution < -0.4 is 5.32 Å². The maximum atomic E-state index is 12.3. The molecule has 6 heteroatoms. The van der Waals surface area contributed by atoms with Crippen molar-refractivity contribution in [3.63, 3.8) is 0 Å². The largest absolute Gasteiger partial charge is 0.464 e. The molecule has 0 bridgehead atoms. The van der Waals surface area contributed by atoms with Gasteiger partial charge in [-0.15, -0.1) is 0 Å². The van der Waals surface area contributed by atoms with E-state index in [1.807, 2.05) is 12.1 Å². The lowest BCUT2D eigenvalue weighted by Crippen LogP contribution is -2.49. The summed E-state index contributed by atoms with van der Waals surface area (Å²) in [4.78, 5) is 12.3. The summed E-state index contributed by atoms with van der Waals surface area (Å²) in [5, 5.41) is 3.66. The first-order valence-electron chi connectivity index (χ1n) is 6.32. The third-order valence-electron chi connectivity index (χ3n) is 2.94. The highest BCUT2D eigenvalue weighted by Gasteiger charge is 2.37. The molecule has 1 aromatic carbocycles. The fraction of sp³-hybridized carbons (Fsp3) is 0.500. The van der Waals surface area contributed by atoms with Gasteiger partial charge in [0.25, 0.3) is 0 Å². The zero-order valence-electron chi connectivity index (χ0n) is 11.8. The van der Waals surface area contributed by atoms with E-state index in [4.69, 9.17) is 21.1 Å². The molecule has 0 aliphatic heterocycles. The summed E-state index contributed by atoms with van der Waals surface area (Å²) in [6.07, 6.45) is 0. The van der Waals surface area contributed by atoms with E-state index in [-0.39, 0.29) is 5.97 Å². The zero-order chi connectivity index (χ0) is 15.2. The van der Waals surface area contributed by atoms with Crippen LogP contribution in [0.1, 0.15) is 19.4 Å². The van der Waals surface area contributed by atoms with Crippen LogP contribution in [0.25, 0.3) is 0 Å². The third-order valence-corrected chi connectivity index (χ3v) is 3.74. The van der Waals surface area contributed by atoms with E-state index < -0.39 is 5.54 Å². The van der Waals surface area contributed by atoms with Gasteiger partial charge in [0.2, 0.25) is 0 Å². The quantitative estimate of drug-likeness (QED) is 0.596. The van der Waals surface area contributed by atoms with Gasteiger partial charge in [0, 0.05) is 28.7 Å². The number of nitrogens with one attached hydrogen (secondary N) is 1. The van der Waals surface area contributed by atoms with E-state index in [0.717, 1.165) is 4.47 Å². The molecule has 1 unspecified atom stereocenters. The summed E-state index contributed by atoms with van der Waals surface area (Å²) in [6.45, 7) is 4.85. The monoisotopic (exact) mass is 363 g/mol. The molecule has 112 valence electrons. The minimum atomic E-state index is -1.01. The third kappa shape index (κ3) is 4.19. The Hall–Kier alpha value is -0.620. The second-order valence-corrected chi connectivity index (χ2v) is 5.71. The number of hydrogen-bond donors (Lipinski definition) is 1. The van der Waals surface area contributed by atoms with Crippen LogP contribution in [0.5, 0.6) is 0 Å². The van der Waals surface area contributed by atoms with Crippen molar-refractivity contribution in [2.75, 3.05) is 26.9 Å². The van der Waals surface area contributed by atoms with Gasteiger partial charge in [0.15, 0.2) is 0 Å². The first-order chi connectivity index (χ1) is 9.45. The number of esters is 1. The SMILES string of the molecule is CCOC(=O)C(C)(NCCOC)c1ccc(Br)cc1Cl. The predicted octanol–water partition coefficient (Wildman–Crippen LogP) is 3.12. The molecule has 0 aliphatic rings. The molecule has 0 spiro atoms. The zero-order valence-corrected chi connectivity index (χ0v) is 14.2. The van der Waals surface area contributed by atoms with Crippen LogP contribution in [-0.4, -0.2) is 32.8 Å². The van der Waals surface area contributed by atoms with Crippen molar-refractivity contribution < 1.29 is 14.3 Å². The lowest BCUT2D eigenvalue weighted by atomic mass is 9.92. The molecule has 0 amide bonds. The van der Waals surface area contributed by atoms with Crippen LogP contribution in [0.2, 0.25) is 5.02 Å². The van der Waals surface area contributed by atoms with E-state index in [0.29, 0.717) is 30.3 Å². The fourth-order valence-corrected chi connectivity index (χ4v) is 2.71. The number of ether oxygens (including phenoxy) is 2. The van der Waals surface area contributed by atoms with Gasteiger partial charge in [-0.2, -0.15) is 0 Å². The molecule has 0 aliphatic carbocycles. The molecular weight excluding hydrogens is 346 g/mol. The molecule has 1 rings (SSSR count). The Labute approximate surface area is 132 Å². The van der Waals surface area contributed by atoms with E-state index in [1.165, 1.54) is 0 Å². The maximum Gasteiger partial charge on any atom is 0.330 e. The fourth-order valence-electron chi connectivity index (χ4n) is 1.85. The number of carbonyl (C=O) groups is 1. The molecule has 0 fully saturated rings. The molecule has 0 radical (unpaired) electrons. The lowest BCUT2D eigenvalue weighted by molar-refractivity contribution is -0.151. The number of rotatable bonds is 7. The molecule has 1 aromatic rings. The van der Waals surface area contributed by atoms with Crippen LogP contribution >= 0.6 is 27.5 Å². The van der Waals surface area contributed by atoms with Crippen molar-refractivity contribution in [3.8, 4) is 0 Å². The number of hydrogen-bond acceptors (Lipinski definition) is 4. The van der Waals surface area contributed by atoms with Crippen LogP contribution in [0.3, 0.4) is 0 Å². The maximum absolute atomic E-state index is 12.3. The van der Waals surface area contributed by atoms with Gasteiger partial charge in [0.05, 0.1) is 13.2 Å². The summed E-state index contributed by atoms with van der Waals surface area (Å²) in [7, 11) is 1.61. The highest BCUT2D eigenvalue weighted by atomic mass is 79.9. The molecule has 0 saturated heterocycles. The van der Waals surface area contributed by atoms with Crippen LogP contribution in [-0.2, 0) is 19.8 Å². The second kappa shape index (κ2) is 7.98. The van der Waals surface area contributed by atoms with Gasteiger partial charge in [-0.1, -0.05) is 33.6 Å². The van der Waals surface area contributed by atoms with Crippen molar-refractivity contribution in [3.05, 3.63) is 33.3 Å². The summed E-state index contributed by atoms with van der Waals surface area (Å²) in [6, 6.07) is 5.41. The number of carbonyl (C=O) groups excluding carboxylic acids is 1. The van der Waals surface area contributed by atoms with Crippen molar-refractivity contribution >= 4 is 33.5 Å². The lowest BCUT2D eigenvalue weighted by Gasteiger charge is -2.30. The Bertz CT molecular complexity index is 470. The molecule has 20 heavy (non-hydrogen) atoms. The molecule has 4 nitrogen and oxygen atoms in total. The number of benzene rings is 1. The molecule has 1 N–H and O–H groups in total. The smallest absolute Gasteiger partial charge is 0.330 e.